The molecule has 1 unspecified atom stereocenters. The molecule has 2 N–H and O–H groups in total. The van der Waals surface area contributed by atoms with E-state index in [1.54, 1.807) is 18.2 Å². The van der Waals surface area contributed by atoms with Crippen LogP contribution in [0.15, 0.2) is 47.5 Å². The molecule has 0 spiro atoms. The summed E-state index contributed by atoms with van der Waals surface area (Å²) in [6.07, 6.45) is -0.738. The molecule has 1 amide bonds. The second-order valence-electron chi connectivity index (χ2n) is 4.93. The fourth-order valence-electron chi connectivity index (χ4n) is 2.09. The third-order valence-electron chi connectivity index (χ3n) is 3.21. The van der Waals surface area contributed by atoms with Crippen molar-refractivity contribution < 1.29 is 9.90 Å². The number of amides is 1. The molecule has 0 fully saturated rings. The van der Waals surface area contributed by atoms with Crippen LogP contribution in [0.4, 0.5) is 11.4 Å². The molecule has 21 heavy (non-hydrogen) atoms. The lowest BCUT2D eigenvalue weighted by Crippen LogP contribution is -2.06. The van der Waals surface area contributed by atoms with Crippen molar-refractivity contribution in [1.29, 1.82) is 0 Å². The molecule has 0 aliphatic rings. The molecule has 108 valence electrons. The topological polar surface area (TPSA) is 61.7 Å². The van der Waals surface area contributed by atoms with Gasteiger partial charge in [0.15, 0.2) is 0 Å². The van der Waals surface area contributed by atoms with Gasteiger partial charge in [-0.2, -0.15) is 0 Å². The van der Waals surface area contributed by atoms with Crippen molar-refractivity contribution in [3.05, 3.63) is 59.2 Å². The maximum absolute atomic E-state index is 11.1. The molecule has 0 saturated heterocycles. The molecule has 0 aliphatic heterocycles. The van der Waals surface area contributed by atoms with Crippen molar-refractivity contribution in [1.82, 2.24) is 0 Å². The van der Waals surface area contributed by atoms with E-state index in [0.29, 0.717) is 16.9 Å². The molecule has 0 bridgehead atoms. The molecular formula is C17H18N2O2. The number of aliphatic hydroxyl groups excluding tert-OH is 1. The zero-order chi connectivity index (χ0) is 15.4. The van der Waals surface area contributed by atoms with E-state index in [0.717, 1.165) is 11.1 Å². The van der Waals surface area contributed by atoms with Crippen LogP contribution >= 0.6 is 0 Å². The van der Waals surface area contributed by atoms with E-state index in [-0.39, 0.29) is 5.91 Å². The Morgan fingerprint density at radius 1 is 1.19 bits per heavy atom. The first kappa shape index (κ1) is 14.9. The Morgan fingerprint density at radius 2 is 1.81 bits per heavy atom. The first-order valence-corrected chi connectivity index (χ1v) is 6.64. The molecule has 0 aromatic heterocycles. The SMILES string of the molecule is C=Nc1cc(C(O)c2ccc(C)cc2)ccc1NC(C)=O. The fraction of sp³-hybridized carbons (Fsp3) is 0.176. The minimum absolute atomic E-state index is 0.174. The second-order valence-corrected chi connectivity index (χ2v) is 4.93. The van der Waals surface area contributed by atoms with Crippen LogP contribution in [0.5, 0.6) is 0 Å². The van der Waals surface area contributed by atoms with Crippen LogP contribution in [0, 0.1) is 6.92 Å². The maximum Gasteiger partial charge on any atom is 0.221 e. The first-order chi connectivity index (χ1) is 10.0. The van der Waals surface area contributed by atoms with E-state index < -0.39 is 6.10 Å². The quantitative estimate of drug-likeness (QED) is 0.845. The summed E-state index contributed by atoms with van der Waals surface area (Å²) in [5, 5.41) is 13.1. The minimum Gasteiger partial charge on any atom is -0.384 e. The van der Waals surface area contributed by atoms with Crippen molar-refractivity contribution in [2.75, 3.05) is 5.32 Å². The highest BCUT2D eigenvalue weighted by Gasteiger charge is 2.13. The summed E-state index contributed by atoms with van der Waals surface area (Å²) >= 11 is 0. The van der Waals surface area contributed by atoms with Gasteiger partial charge in [0.2, 0.25) is 5.91 Å². The molecular weight excluding hydrogens is 264 g/mol. The summed E-state index contributed by atoms with van der Waals surface area (Å²) in [7, 11) is 0. The molecule has 2 aromatic carbocycles. The van der Waals surface area contributed by atoms with E-state index in [1.165, 1.54) is 6.92 Å². The standard InChI is InChI=1S/C17H18N2O2/c1-11-4-6-13(7-5-11)17(21)14-8-9-15(19-12(2)20)16(10-14)18-3/h4-10,17,21H,3H2,1-2H3,(H,19,20). The van der Waals surface area contributed by atoms with Crippen molar-refractivity contribution >= 4 is 24.0 Å². The van der Waals surface area contributed by atoms with Gasteiger partial charge < -0.3 is 10.4 Å². The lowest BCUT2D eigenvalue weighted by Gasteiger charge is -2.14. The Balaban J connectivity index is 2.33. The number of hydrogen-bond acceptors (Lipinski definition) is 3. The first-order valence-electron chi connectivity index (χ1n) is 6.64. The smallest absolute Gasteiger partial charge is 0.221 e. The summed E-state index contributed by atoms with van der Waals surface area (Å²) in [5.41, 5.74) is 3.77. The van der Waals surface area contributed by atoms with Crippen LogP contribution in [-0.2, 0) is 4.79 Å². The van der Waals surface area contributed by atoms with Crippen molar-refractivity contribution in [2.45, 2.75) is 20.0 Å². The Bertz CT molecular complexity index is 663. The lowest BCUT2D eigenvalue weighted by molar-refractivity contribution is -0.114. The molecule has 0 aliphatic carbocycles. The van der Waals surface area contributed by atoms with Gasteiger partial charge in [0, 0.05) is 6.92 Å². The van der Waals surface area contributed by atoms with Gasteiger partial charge in [-0.25, -0.2) is 0 Å². The fourth-order valence-corrected chi connectivity index (χ4v) is 2.09. The van der Waals surface area contributed by atoms with Crippen molar-refractivity contribution in [3.63, 3.8) is 0 Å². The molecule has 0 radical (unpaired) electrons. The number of carbonyl (C=O) groups excluding carboxylic acids is 1. The number of rotatable bonds is 4. The molecule has 0 saturated carbocycles. The second kappa shape index (κ2) is 6.33. The zero-order valence-electron chi connectivity index (χ0n) is 12.1. The number of anilines is 1. The Labute approximate surface area is 124 Å². The Kier molecular flexibility index (Phi) is 4.50. The van der Waals surface area contributed by atoms with Gasteiger partial charge in [0.05, 0.1) is 11.4 Å². The minimum atomic E-state index is -0.738. The molecule has 0 heterocycles. The van der Waals surface area contributed by atoms with E-state index in [2.05, 4.69) is 17.0 Å². The molecule has 4 nitrogen and oxygen atoms in total. The van der Waals surface area contributed by atoms with E-state index in [4.69, 9.17) is 0 Å². The number of nitrogens with zero attached hydrogens (tertiary/aromatic N) is 1. The van der Waals surface area contributed by atoms with E-state index in [1.807, 2.05) is 31.2 Å². The number of aryl methyl sites for hydroxylation is 1. The highest BCUT2D eigenvalue weighted by molar-refractivity contribution is 5.92. The Morgan fingerprint density at radius 3 is 2.38 bits per heavy atom. The normalized spacial score (nSPS) is 11.8. The molecule has 1 atom stereocenters. The summed E-state index contributed by atoms with van der Waals surface area (Å²) in [5.74, 6) is -0.174. The highest BCUT2D eigenvalue weighted by atomic mass is 16.3. The monoisotopic (exact) mass is 282 g/mol. The zero-order valence-corrected chi connectivity index (χ0v) is 12.1. The summed E-state index contributed by atoms with van der Waals surface area (Å²) in [6.45, 7) is 6.93. The average Bonchev–Trinajstić information content (AvgIpc) is 2.47. The van der Waals surface area contributed by atoms with E-state index >= 15 is 0 Å². The maximum atomic E-state index is 11.1. The van der Waals surface area contributed by atoms with Crippen LogP contribution in [0.1, 0.15) is 29.7 Å². The highest BCUT2D eigenvalue weighted by Crippen LogP contribution is 2.31. The van der Waals surface area contributed by atoms with Gasteiger partial charge in [0.25, 0.3) is 0 Å². The third kappa shape index (κ3) is 3.55. The van der Waals surface area contributed by atoms with Crippen molar-refractivity contribution in [3.8, 4) is 0 Å². The predicted molar refractivity (Wildman–Crippen MR) is 85.2 cm³/mol. The number of hydrogen-bond donors (Lipinski definition) is 2. The van der Waals surface area contributed by atoms with Gasteiger partial charge in [-0.15, -0.1) is 0 Å². The molecule has 2 rings (SSSR count). The summed E-state index contributed by atoms with van der Waals surface area (Å²) in [6, 6.07) is 12.9. The van der Waals surface area contributed by atoms with Gasteiger partial charge in [0.1, 0.15) is 6.10 Å². The average molecular weight is 282 g/mol. The molecule has 4 heteroatoms. The summed E-state index contributed by atoms with van der Waals surface area (Å²) < 4.78 is 0. The van der Waals surface area contributed by atoms with Crippen LogP contribution in [0.2, 0.25) is 0 Å². The predicted octanol–water partition coefficient (Wildman–Crippen LogP) is 3.37. The van der Waals surface area contributed by atoms with Gasteiger partial charge in [-0.1, -0.05) is 35.9 Å². The summed E-state index contributed by atoms with van der Waals surface area (Å²) in [4.78, 5) is 15.0. The third-order valence-corrected chi connectivity index (χ3v) is 3.21. The van der Waals surface area contributed by atoms with E-state index in [9.17, 15) is 9.90 Å². The number of nitrogens with one attached hydrogen (secondary N) is 1. The van der Waals surface area contributed by atoms with Crippen LogP contribution < -0.4 is 5.32 Å². The van der Waals surface area contributed by atoms with Gasteiger partial charge in [-0.3, -0.25) is 9.79 Å². The number of benzene rings is 2. The number of aliphatic hydroxyl groups is 1. The van der Waals surface area contributed by atoms with Crippen molar-refractivity contribution in [2.24, 2.45) is 4.99 Å². The largest absolute Gasteiger partial charge is 0.384 e. The van der Waals surface area contributed by atoms with Crippen LogP contribution in [-0.4, -0.2) is 17.7 Å². The van der Waals surface area contributed by atoms with Gasteiger partial charge in [-0.05, 0) is 36.9 Å². The van der Waals surface area contributed by atoms with Gasteiger partial charge >= 0.3 is 0 Å². The molecule has 2 aromatic rings. The van der Waals surface area contributed by atoms with Crippen LogP contribution in [0.25, 0.3) is 0 Å². The number of carbonyl (C=O) groups is 1. The van der Waals surface area contributed by atoms with Crippen LogP contribution in [0.3, 0.4) is 0 Å². The Hall–Kier alpha value is -2.46. The number of aliphatic imine (C=N–C) groups is 1. The lowest BCUT2D eigenvalue weighted by atomic mass is 9.99.